The normalized spacial score (nSPS) is 12.3. The van der Waals surface area contributed by atoms with Crippen LogP contribution >= 0.6 is 0 Å². The maximum Gasteiger partial charge on any atom is 0.333 e. The zero-order chi connectivity index (χ0) is 16.5. The van der Waals surface area contributed by atoms with E-state index in [0.29, 0.717) is 31.7 Å². The second-order valence-corrected chi connectivity index (χ2v) is 18.4. The minimum atomic E-state index is -1.60. The number of rotatable bonds is 11. The number of hydrogen-bond donors (Lipinski definition) is 0. The first-order valence-electron chi connectivity index (χ1n) is 7.18. The van der Waals surface area contributed by atoms with Crippen LogP contribution in [0.15, 0.2) is 12.2 Å². The van der Waals surface area contributed by atoms with E-state index in [4.69, 9.17) is 13.0 Å². The summed E-state index contributed by atoms with van der Waals surface area (Å²) in [5.74, 6) is -0.307. The van der Waals surface area contributed by atoms with Crippen molar-refractivity contribution in [1.29, 1.82) is 0 Å². The van der Waals surface area contributed by atoms with Crippen molar-refractivity contribution in [2.75, 3.05) is 6.61 Å². The van der Waals surface area contributed by atoms with Gasteiger partial charge in [-0.3, -0.25) is 0 Å². The third-order valence-corrected chi connectivity index (χ3v) is 12.6. The fraction of sp³-hybridized carbons (Fsp3) is 0.769. The summed E-state index contributed by atoms with van der Waals surface area (Å²) in [4.78, 5) is 11.2. The highest BCUT2D eigenvalue weighted by molar-refractivity contribution is 6.83. The van der Waals surface area contributed by atoms with Crippen LogP contribution in [0.2, 0.25) is 44.4 Å². The lowest BCUT2D eigenvalue weighted by atomic mass is 10.4. The zero-order valence-electron chi connectivity index (χ0n) is 14.2. The van der Waals surface area contributed by atoms with Crippen molar-refractivity contribution in [2.45, 2.75) is 57.8 Å². The monoisotopic (exact) mass is 360 g/mol. The number of carbonyl (C=O) groups excluding carboxylic acids is 1. The van der Waals surface area contributed by atoms with E-state index in [1.54, 1.807) is 6.92 Å². The second-order valence-electron chi connectivity index (χ2n) is 6.56. The van der Waals surface area contributed by atoms with Gasteiger partial charge in [-0.1, -0.05) is 6.58 Å². The van der Waals surface area contributed by atoms with Gasteiger partial charge in [0.25, 0.3) is 0 Å². The SMILES string of the molecule is C=C(C)C(=O)OCCC[Si]O[Si](C)(C)C[Si]O[Si](C)(C)C. The molecule has 0 N–H and O–H groups in total. The Morgan fingerprint density at radius 3 is 2.24 bits per heavy atom. The van der Waals surface area contributed by atoms with Gasteiger partial charge in [0, 0.05) is 5.57 Å². The summed E-state index contributed by atoms with van der Waals surface area (Å²) in [6.45, 7) is 16.8. The van der Waals surface area contributed by atoms with E-state index < -0.39 is 16.6 Å². The van der Waals surface area contributed by atoms with Gasteiger partial charge in [0.1, 0.15) is 0 Å². The van der Waals surface area contributed by atoms with Crippen LogP contribution in [0.4, 0.5) is 0 Å². The number of esters is 1. The van der Waals surface area contributed by atoms with Gasteiger partial charge >= 0.3 is 5.97 Å². The molecular formula is C13H28O4Si4. The van der Waals surface area contributed by atoms with E-state index in [-0.39, 0.29) is 5.97 Å². The largest absolute Gasteiger partial charge is 0.462 e. The van der Waals surface area contributed by atoms with Gasteiger partial charge in [-0.2, -0.15) is 0 Å². The minimum Gasteiger partial charge on any atom is -0.462 e. The molecule has 0 atom stereocenters. The Labute approximate surface area is 136 Å². The molecule has 0 aromatic carbocycles. The van der Waals surface area contributed by atoms with Crippen molar-refractivity contribution in [3.05, 3.63) is 12.2 Å². The molecule has 0 bridgehead atoms. The molecule has 0 aromatic heterocycles. The van der Waals surface area contributed by atoms with Gasteiger partial charge < -0.3 is 13.0 Å². The maximum atomic E-state index is 11.2. The molecule has 120 valence electrons. The van der Waals surface area contributed by atoms with Gasteiger partial charge in [0.15, 0.2) is 16.6 Å². The molecule has 0 aliphatic heterocycles. The molecule has 0 aromatic rings. The van der Waals surface area contributed by atoms with E-state index in [2.05, 4.69) is 39.3 Å². The van der Waals surface area contributed by atoms with Crippen molar-refractivity contribution < 1.29 is 17.8 Å². The number of carbonyl (C=O) groups is 1. The van der Waals surface area contributed by atoms with E-state index in [9.17, 15) is 4.79 Å². The minimum absolute atomic E-state index is 0.307. The summed E-state index contributed by atoms with van der Waals surface area (Å²) >= 11 is 0. The van der Waals surface area contributed by atoms with Crippen LogP contribution in [0.25, 0.3) is 0 Å². The van der Waals surface area contributed by atoms with Gasteiger partial charge in [-0.05, 0) is 57.8 Å². The molecule has 0 saturated carbocycles. The maximum absolute atomic E-state index is 11.2. The standard InChI is InChI=1S/C13H28O4Si4/c1-12(2)13(14)15-9-8-10-18-17-21(6,7)11-19-16-20(3,4)5/h1,8-11H2,2-7H3. The molecule has 0 saturated heterocycles. The van der Waals surface area contributed by atoms with Crippen LogP contribution in [-0.4, -0.2) is 48.7 Å². The zero-order valence-corrected chi connectivity index (χ0v) is 18.2. The van der Waals surface area contributed by atoms with Crippen molar-refractivity contribution in [3.63, 3.8) is 0 Å². The van der Waals surface area contributed by atoms with Crippen LogP contribution in [-0.2, 0) is 17.8 Å². The van der Waals surface area contributed by atoms with E-state index in [1.165, 1.54) is 0 Å². The smallest absolute Gasteiger partial charge is 0.333 e. The summed E-state index contributed by atoms with van der Waals surface area (Å²) in [7, 11) is -1.95. The second kappa shape index (κ2) is 9.90. The van der Waals surface area contributed by atoms with Gasteiger partial charge in [-0.15, -0.1) is 0 Å². The lowest BCUT2D eigenvalue weighted by Gasteiger charge is -2.24. The topological polar surface area (TPSA) is 44.8 Å². The van der Waals surface area contributed by atoms with Crippen molar-refractivity contribution in [3.8, 4) is 0 Å². The predicted octanol–water partition coefficient (Wildman–Crippen LogP) is 3.18. The highest BCUT2D eigenvalue weighted by atomic mass is 28.4. The Balaban J connectivity index is 3.66. The van der Waals surface area contributed by atoms with Crippen molar-refractivity contribution in [1.82, 2.24) is 0 Å². The first kappa shape index (κ1) is 21.0. The van der Waals surface area contributed by atoms with E-state index >= 15 is 0 Å². The van der Waals surface area contributed by atoms with Crippen LogP contribution in [0.3, 0.4) is 0 Å². The molecular weight excluding hydrogens is 332 g/mol. The molecule has 0 aliphatic rings. The van der Waals surface area contributed by atoms with Gasteiger partial charge in [0.05, 0.1) is 6.61 Å². The Morgan fingerprint density at radius 1 is 1.10 bits per heavy atom. The lowest BCUT2D eigenvalue weighted by Crippen LogP contribution is -2.37. The Hall–Kier alpha value is -0.00247. The fourth-order valence-corrected chi connectivity index (χ4v) is 8.40. The highest BCUT2D eigenvalue weighted by Gasteiger charge is 2.24. The molecule has 0 heterocycles. The van der Waals surface area contributed by atoms with E-state index in [1.807, 2.05) is 0 Å². The first-order chi connectivity index (χ1) is 9.53. The van der Waals surface area contributed by atoms with Crippen LogP contribution in [0, 0.1) is 0 Å². The highest BCUT2D eigenvalue weighted by Crippen LogP contribution is 2.12. The first-order valence-corrected chi connectivity index (χ1v) is 15.9. The number of hydrogen-bond acceptors (Lipinski definition) is 4. The Bertz CT molecular complexity index is 340. The van der Waals surface area contributed by atoms with Crippen molar-refractivity contribution in [2.24, 2.45) is 0 Å². The third-order valence-electron chi connectivity index (χ3n) is 2.23. The summed E-state index contributed by atoms with van der Waals surface area (Å²) in [5.41, 5.74) is 1.51. The van der Waals surface area contributed by atoms with Gasteiger partial charge in [0.2, 0.25) is 19.5 Å². The molecule has 21 heavy (non-hydrogen) atoms. The average Bonchev–Trinajstić information content (AvgIpc) is 2.30. The molecule has 0 amide bonds. The van der Waals surface area contributed by atoms with Crippen LogP contribution in [0.5, 0.6) is 0 Å². The van der Waals surface area contributed by atoms with E-state index in [0.717, 1.165) is 18.1 Å². The molecule has 8 heteroatoms. The third kappa shape index (κ3) is 13.4. The molecule has 0 rings (SSSR count). The predicted molar refractivity (Wildman–Crippen MR) is 94.5 cm³/mol. The van der Waals surface area contributed by atoms with Crippen LogP contribution < -0.4 is 0 Å². The lowest BCUT2D eigenvalue weighted by molar-refractivity contribution is -0.138. The fourth-order valence-electron chi connectivity index (χ4n) is 1.14. The molecule has 0 unspecified atom stereocenters. The summed E-state index contributed by atoms with van der Waals surface area (Å²) in [5, 5.41) is 0. The van der Waals surface area contributed by atoms with Crippen LogP contribution in [0.1, 0.15) is 13.3 Å². The molecule has 0 spiro atoms. The Morgan fingerprint density at radius 2 is 1.71 bits per heavy atom. The molecule has 0 aliphatic carbocycles. The molecule has 0 fully saturated rings. The summed E-state index contributed by atoms with van der Waals surface area (Å²) < 4.78 is 17.0. The Kier molecular flexibility index (Phi) is 9.90. The van der Waals surface area contributed by atoms with Gasteiger partial charge in [-0.25, -0.2) is 4.79 Å². The molecule has 4 radical (unpaired) electrons. The average molecular weight is 361 g/mol. The van der Waals surface area contributed by atoms with Crippen molar-refractivity contribution >= 4 is 42.1 Å². The molecule has 4 nitrogen and oxygen atoms in total. The quantitative estimate of drug-likeness (QED) is 0.246. The summed E-state index contributed by atoms with van der Waals surface area (Å²) in [6.07, 6.45) is 0.843. The number of ether oxygens (including phenoxy) is 1. The summed E-state index contributed by atoms with van der Waals surface area (Å²) in [6, 6.07) is 0.942.